The van der Waals surface area contributed by atoms with Crippen LogP contribution in [0.3, 0.4) is 0 Å². The summed E-state index contributed by atoms with van der Waals surface area (Å²) in [6.45, 7) is 8.81. The van der Waals surface area contributed by atoms with Gasteiger partial charge in [-0.2, -0.15) is 0 Å². The summed E-state index contributed by atoms with van der Waals surface area (Å²) in [4.78, 5) is 17.4. The van der Waals surface area contributed by atoms with Crippen molar-refractivity contribution in [2.75, 3.05) is 52.4 Å². The van der Waals surface area contributed by atoms with Crippen LogP contribution in [0.25, 0.3) is 0 Å². The van der Waals surface area contributed by atoms with Crippen LogP contribution in [0.4, 0.5) is 5.69 Å². The van der Waals surface area contributed by atoms with E-state index in [2.05, 4.69) is 9.80 Å². The van der Waals surface area contributed by atoms with Crippen molar-refractivity contribution in [1.29, 1.82) is 5.41 Å². The Balaban J connectivity index is 1.18. The van der Waals surface area contributed by atoms with Gasteiger partial charge in [0.05, 0.1) is 11.5 Å². The molecule has 38 heavy (non-hydrogen) atoms. The van der Waals surface area contributed by atoms with Crippen molar-refractivity contribution in [3.05, 3.63) is 70.3 Å². The lowest BCUT2D eigenvalue weighted by atomic mass is 10.1. The van der Waals surface area contributed by atoms with Gasteiger partial charge in [0.25, 0.3) is 5.69 Å². The fraction of sp³-hybridized carbons (Fsp3) is 0.552. The molecule has 0 atom stereocenters. The highest BCUT2D eigenvalue weighted by atomic mass is 16.6. The van der Waals surface area contributed by atoms with Gasteiger partial charge in [0.1, 0.15) is 5.75 Å². The number of rotatable bonds is 17. The van der Waals surface area contributed by atoms with E-state index in [1.54, 1.807) is 12.1 Å². The van der Waals surface area contributed by atoms with Crippen molar-refractivity contribution in [1.82, 2.24) is 14.7 Å². The first-order valence-electron chi connectivity index (χ1n) is 14.0. The number of unbranched alkanes of at least 4 members (excludes halogenated alkanes) is 5. The number of para-hydroxylation sites is 1. The number of nitrogens with zero attached hydrogens (tertiary/aromatic N) is 4. The predicted octanol–water partition coefficient (Wildman–Crippen LogP) is 4.72. The lowest BCUT2D eigenvalue weighted by Crippen LogP contribution is -2.46. The highest BCUT2D eigenvalue weighted by Crippen LogP contribution is 2.14. The molecule has 0 bridgehead atoms. The Hall–Kier alpha value is -3.17. The molecule has 0 spiro atoms. The Morgan fingerprint density at radius 1 is 0.868 bits per heavy atom. The first-order chi connectivity index (χ1) is 18.5. The predicted molar refractivity (Wildman–Crippen MR) is 153 cm³/mol. The van der Waals surface area contributed by atoms with Gasteiger partial charge >= 0.3 is 0 Å². The van der Waals surface area contributed by atoms with E-state index in [-0.39, 0.29) is 11.6 Å². The minimum Gasteiger partial charge on any atom is -0.494 e. The van der Waals surface area contributed by atoms with Gasteiger partial charge in [-0.05, 0) is 56.5 Å². The fourth-order valence-electron chi connectivity index (χ4n) is 4.78. The second kappa shape index (κ2) is 16.6. The van der Waals surface area contributed by atoms with Crippen LogP contribution in [0.1, 0.15) is 50.5 Å². The molecule has 1 aliphatic rings. The zero-order chi connectivity index (χ0) is 27.0. The summed E-state index contributed by atoms with van der Waals surface area (Å²) >= 11 is 0. The molecule has 0 aromatic heterocycles. The van der Waals surface area contributed by atoms with Crippen molar-refractivity contribution in [2.45, 2.75) is 51.5 Å². The second-order valence-corrected chi connectivity index (χ2v) is 10.1. The van der Waals surface area contributed by atoms with E-state index in [0.29, 0.717) is 13.1 Å². The number of nitro groups is 1. The number of hydrogen-bond donors (Lipinski definition) is 2. The fourth-order valence-corrected chi connectivity index (χ4v) is 4.78. The van der Waals surface area contributed by atoms with E-state index in [4.69, 9.17) is 15.9 Å². The molecule has 0 aliphatic carbocycles. The maximum Gasteiger partial charge on any atom is 0.269 e. The van der Waals surface area contributed by atoms with Gasteiger partial charge in [0.2, 0.25) is 0 Å². The Bertz CT molecular complexity index is 949. The van der Waals surface area contributed by atoms with Gasteiger partial charge in [-0.15, -0.1) is 0 Å². The number of guanidine groups is 1. The summed E-state index contributed by atoms with van der Waals surface area (Å²) in [6, 6.07) is 16.5. The van der Waals surface area contributed by atoms with Gasteiger partial charge in [-0.25, -0.2) is 0 Å². The molecule has 2 aromatic carbocycles. The second-order valence-electron chi connectivity index (χ2n) is 10.1. The van der Waals surface area contributed by atoms with Crippen LogP contribution in [0, 0.1) is 15.5 Å². The molecule has 0 saturated carbocycles. The molecule has 3 N–H and O–H groups in total. The molecule has 0 unspecified atom stereocenters. The van der Waals surface area contributed by atoms with Crippen LogP contribution in [-0.2, 0) is 6.54 Å². The SMILES string of the molecule is N=C(N)N(CCCCN1CCN(CCCCCCCOc2ccccc2)CC1)Cc1ccc([N+](=O)[O-])cc1. The Labute approximate surface area is 227 Å². The van der Waals surface area contributed by atoms with E-state index in [9.17, 15) is 10.1 Å². The first-order valence-corrected chi connectivity index (χ1v) is 14.0. The molecule has 208 valence electrons. The lowest BCUT2D eigenvalue weighted by molar-refractivity contribution is -0.384. The van der Waals surface area contributed by atoms with Crippen molar-refractivity contribution < 1.29 is 9.66 Å². The van der Waals surface area contributed by atoms with E-state index < -0.39 is 4.92 Å². The molecule has 3 rings (SSSR count). The largest absolute Gasteiger partial charge is 0.494 e. The third-order valence-corrected chi connectivity index (χ3v) is 7.11. The zero-order valence-corrected chi connectivity index (χ0v) is 22.6. The van der Waals surface area contributed by atoms with Crippen LogP contribution in [-0.4, -0.2) is 78.0 Å². The van der Waals surface area contributed by atoms with Gasteiger partial charge in [-0.3, -0.25) is 15.5 Å². The molecule has 0 radical (unpaired) electrons. The average Bonchev–Trinajstić information content (AvgIpc) is 2.93. The van der Waals surface area contributed by atoms with Crippen LogP contribution in [0.2, 0.25) is 0 Å². The number of benzene rings is 2. The summed E-state index contributed by atoms with van der Waals surface area (Å²) in [5, 5.41) is 18.7. The molecular formula is C29H44N6O3. The number of non-ortho nitro benzene ring substituents is 1. The number of nitrogens with one attached hydrogen (secondary N) is 1. The molecule has 9 nitrogen and oxygen atoms in total. The van der Waals surface area contributed by atoms with Crippen LogP contribution in [0.15, 0.2) is 54.6 Å². The summed E-state index contributed by atoms with van der Waals surface area (Å²) < 4.78 is 5.76. The van der Waals surface area contributed by atoms with E-state index in [1.165, 1.54) is 44.4 Å². The maximum atomic E-state index is 10.8. The summed E-state index contributed by atoms with van der Waals surface area (Å²) in [5.41, 5.74) is 6.77. The summed E-state index contributed by atoms with van der Waals surface area (Å²) in [5.74, 6) is 1.00. The Kier molecular flexibility index (Phi) is 12.9. The Morgan fingerprint density at radius 3 is 2.05 bits per heavy atom. The summed E-state index contributed by atoms with van der Waals surface area (Å²) in [7, 11) is 0. The van der Waals surface area contributed by atoms with E-state index in [1.807, 2.05) is 35.2 Å². The van der Waals surface area contributed by atoms with Gasteiger partial charge in [-0.1, -0.05) is 49.6 Å². The molecule has 2 aromatic rings. The minimum atomic E-state index is -0.404. The molecule has 1 heterocycles. The first kappa shape index (κ1) is 29.4. The van der Waals surface area contributed by atoms with Gasteiger partial charge < -0.3 is 25.2 Å². The quantitative estimate of drug-likeness (QED) is 0.101. The third kappa shape index (κ3) is 11.1. The molecule has 0 amide bonds. The molecule has 1 aliphatic heterocycles. The normalized spacial score (nSPS) is 14.3. The molecule has 1 saturated heterocycles. The minimum absolute atomic E-state index is 0.0393. The number of hydrogen-bond acceptors (Lipinski definition) is 6. The maximum absolute atomic E-state index is 10.8. The highest BCUT2D eigenvalue weighted by Gasteiger charge is 2.16. The standard InChI is InChI=1S/C29H44N6O3/c30-29(31)34(25-26-13-15-27(16-14-26)35(36)37)19-9-8-18-33-22-20-32(21-23-33)17-7-2-1-3-10-24-38-28-11-5-4-6-12-28/h4-6,11-16H,1-3,7-10,17-25H2,(H3,30,31). The van der Waals surface area contributed by atoms with Crippen molar-refractivity contribution in [3.63, 3.8) is 0 Å². The van der Waals surface area contributed by atoms with E-state index >= 15 is 0 Å². The average molecular weight is 525 g/mol. The number of nitro benzene ring substituents is 1. The topological polar surface area (TPSA) is 112 Å². The highest BCUT2D eigenvalue weighted by molar-refractivity contribution is 5.74. The Morgan fingerprint density at radius 2 is 1.45 bits per heavy atom. The molecule has 1 fully saturated rings. The molecule has 9 heteroatoms. The van der Waals surface area contributed by atoms with Crippen molar-refractivity contribution in [3.8, 4) is 5.75 Å². The van der Waals surface area contributed by atoms with Crippen molar-refractivity contribution in [2.24, 2.45) is 5.73 Å². The van der Waals surface area contributed by atoms with Crippen LogP contribution < -0.4 is 10.5 Å². The number of piperazine rings is 1. The third-order valence-electron chi connectivity index (χ3n) is 7.11. The smallest absolute Gasteiger partial charge is 0.269 e. The monoisotopic (exact) mass is 524 g/mol. The van der Waals surface area contributed by atoms with Crippen LogP contribution in [0.5, 0.6) is 5.75 Å². The number of nitrogens with two attached hydrogens (primary N) is 1. The number of ether oxygens (including phenoxy) is 1. The summed E-state index contributed by atoms with van der Waals surface area (Å²) in [6.07, 6.45) is 8.22. The lowest BCUT2D eigenvalue weighted by Gasteiger charge is -2.34. The molecular weight excluding hydrogens is 480 g/mol. The van der Waals surface area contributed by atoms with Gasteiger partial charge in [0, 0.05) is 51.4 Å². The van der Waals surface area contributed by atoms with Gasteiger partial charge in [0.15, 0.2) is 5.96 Å². The zero-order valence-electron chi connectivity index (χ0n) is 22.6. The van der Waals surface area contributed by atoms with Crippen LogP contribution >= 0.6 is 0 Å². The van der Waals surface area contributed by atoms with Crippen molar-refractivity contribution >= 4 is 11.6 Å². The van der Waals surface area contributed by atoms with E-state index in [0.717, 1.165) is 69.9 Å².